The monoisotopic (exact) mass is 395 g/mol. The van der Waals surface area contributed by atoms with Gasteiger partial charge in [-0.3, -0.25) is 4.79 Å². The Bertz CT molecular complexity index is 1100. The molecule has 0 fully saturated rings. The zero-order chi connectivity index (χ0) is 20.0. The maximum atomic E-state index is 13.4. The Balaban J connectivity index is 1.93. The molecule has 1 unspecified atom stereocenters. The molecule has 1 aliphatic rings. The fraction of sp³-hybridized carbons (Fsp3) is 0.182. The van der Waals surface area contributed by atoms with E-state index >= 15 is 0 Å². The van der Waals surface area contributed by atoms with E-state index in [-0.39, 0.29) is 23.1 Å². The number of carbonyl (C=O) groups excluding carboxylic acids is 1. The van der Waals surface area contributed by atoms with Crippen LogP contribution in [0, 0.1) is 19.7 Å². The molecule has 0 aliphatic carbocycles. The van der Waals surface area contributed by atoms with Crippen LogP contribution in [-0.2, 0) is 4.79 Å². The van der Waals surface area contributed by atoms with Crippen LogP contribution in [0.5, 0.6) is 0 Å². The highest BCUT2D eigenvalue weighted by molar-refractivity contribution is 7.15. The molecule has 4 nitrogen and oxygen atoms in total. The summed E-state index contributed by atoms with van der Waals surface area (Å²) in [7, 11) is 0. The Morgan fingerprint density at radius 2 is 1.86 bits per heavy atom. The quantitative estimate of drug-likeness (QED) is 0.629. The van der Waals surface area contributed by atoms with Crippen molar-refractivity contribution in [2.45, 2.75) is 26.2 Å². The molecule has 2 heterocycles. The molecule has 0 bridgehead atoms. The lowest BCUT2D eigenvalue weighted by molar-refractivity contribution is -0.116. The number of fused-ring (bicyclic) bond motifs is 1. The fourth-order valence-corrected chi connectivity index (χ4v) is 4.83. The van der Waals surface area contributed by atoms with Crippen LogP contribution in [0.1, 0.15) is 43.6 Å². The molecule has 2 N–H and O–H groups in total. The molecule has 0 saturated carbocycles. The second-order valence-corrected chi connectivity index (χ2v) is 8.06. The van der Waals surface area contributed by atoms with Crippen LogP contribution in [0.15, 0.2) is 42.5 Å². The van der Waals surface area contributed by atoms with Crippen molar-refractivity contribution in [3.8, 4) is 11.1 Å². The zero-order valence-electron chi connectivity index (χ0n) is 15.4. The number of halogens is 1. The maximum Gasteiger partial charge on any atom is 0.346 e. The molecule has 1 aliphatic heterocycles. The standard InChI is InChI=1S/C22H18FNO3S/c1-11-3-4-14(9-12(11)2)16-10-17(25)24-19-18(13-5-7-15(23)8-6-13)21(22(26)27)28-20(16)19/h3-9,16H,10H2,1-2H3,(H,24,25)(H,26,27). The van der Waals surface area contributed by atoms with Crippen molar-refractivity contribution in [2.75, 3.05) is 5.32 Å². The minimum absolute atomic E-state index is 0.146. The number of nitrogens with one attached hydrogen (secondary N) is 1. The van der Waals surface area contributed by atoms with Crippen LogP contribution in [0.25, 0.3) is 11.1 Å². The van der Waals surface area contributed by atoms with Gasteiger partial charge in [-0.05, 0) is 48.2 Å². The third-order valence-electron chi connectivity index (χ3n) is 5.17. The van der Waals surface area contributed by atoms with Crippen molar-refractivity contribution >= 4 is 28.9 Å². The molecule has 28 heavy (non-hydrogen) atoms. The summed E-state index contributed by atoms with van der Waals surface area (Å²) in [4.78, 5) is 25.4. The first kappa shape index (κ1) is 18.4. The summed E-state index contributed by atoms with van der Waals surface area (Å²) in [6.45, 7) is 4.04. The summed E-state index contributed by atoms with van der Waals surface area (Å²) in [5.74, 6) is -1.83. The van der Waals surface area contributed by atoms with Crippen molar-refractivity contribution in [1.29, 1.82) is 0 Å². The lowest BCUT2D eigenvalue weighted by Crippen LogP contribution is -2.22. The van der Waals surface area contributed by atoms with Crippen molar-refractivity contribution in [2.24, 2.45) is 0 Å². The molecule has 6 heteroatoms. The second kappa shape index (κ2) is 6.87. The molecule has 2 aromatic carbocycles. The molecule has 0 saturated heterocycles. The first-order valence-electron chi connectivity index (χ1n) is 8.88. The van der Waals surface area contributed by atoms with Gasteiger partial charge in [0.25, 0.3) is 0 Å². The van der Waals surface area contributed by atoms with Gasteiger partial charge in [-0.2, -0.15) is 0 Å². The number of amides is 1. The van der Waals surface area contributed by atoms with E-state index < -0.39 is 11.8 Å². The maximum absolute atomic E-state index is 13.4. The third-order valence-corrected chi connectivity index (χ3v) is 6.46. The lowest BCUT2D eigenvalue weighted by Gasteiger charge is -2.24. The molecule has 0 radical (unpaired) electrons. The Morgan fingerprint density at radius 3 is 2.50 bits per heavy atom. The predicted octanol–water partition coefficient (Wildman–Crippen LogP) is 5.34. The fourth-order valence-electron chi connectivity index (χ4n) is 3.58. The number of carbonyl (C=O) groups is 2. The van der Waals surface area contributed by atoms with Gasteiger partial charge in [0, 0.05) is 22.8 Å². The molecule has 1 aromatic heterocycles. The van der Waals surface area contributed by atoms with E-state index in [1.54, 1.807) is 0 Å². The first-order chi connectivity index (χ1) is 13.3. The Kier molecular flexibility index (Phi) is 4.51. The van der Waals surface area contributed by atoms with Gasteiger partial charge in [-0.1, -0.05) is 30.3 Å². The van der Waals surface area contributed by atoms with E-state index in [2.05, 4.69) is 11.4 Å². The van der Waals surface area contributed by atoms with Crippen molar-refractivity contribution < 1.29 is 19.1 Å². The SMILES string of the molecule is Cc1ccc(C2CC(=O)Nc3c2sc(C(=O)O)c3-c2ccc(F)cc2)cc1C. The average Bonchev–Trinajstić information content (AvgIpc) is 3.03. The average molecular weight is 395 g/mol. The molecule has 4 rings (SSSR count). The molecular formula is C22H18FNO3S. The van der Waals surface area contributed by atoms with E-state index in [1.807, 2.05) is 26.0 Å². The van der Waals surface area contributed by atoms with Gasteiger partial charge in [-0.15, -0.1) is 11.3 Å². The molecule has 1 amide bonds. The van der Waals surface area contributed by atoms with Gasteiger partial charge in [0.05, 0.1) is 5.69 Å². The first-order valence-corrected chi connectivity index (χ1v) is 9.69. The Hall–Kier alpha value is -2.99. The summed E-state index contributed by atoms with van der Waals surface area (Å²) >= 11 is 1.18. The molecule has 0 spiro atoms. The summed E-state index contributed by atoms with van der Waals surface area (Å²) in [5.41, 5.74) is 4.80. The number of aryl methyl sites for hydroxylation is 2. The van der Waals surface area contributed by atoms with E-state index in [0.717, 1.165) is 21.6 Å². The minimum Gasteiger partial charge on any atom is -0.477 e. The number of carboxylic acids is 1. The predicted molar refractivity (Wildman–Crippen MR) is 108 cm³/mol. The number of hydrogen-bond acceptors (Lipinski definition) is 3. The molecule has 1 atom stereocenters. The summed E-state index contributed by atoms with van der Waals surface area (Å²) < 4.78 is 13.4. The van der Waals surface area contributed by atoms with Gasteiger partial charge in [0.2, 0.25) is 5.91 Å². The van der Waals surface area contributed by atoms with E-state index in [4.69, 9.17) is 0 Å². The topological polar surface area (TPSA) is 66.4 Å². The lowest BCUT2D eigenvalue weighted by atomic mass is 9.87. The Morgan fingerprint density at radius 1 is 1.14 bits per heavy atom. The number of rotatable bonds is 3. The summed E-state index contributed by atoms with van der Waals surface area (Å²) in [6, 6.07) is 11.7. The van der Waals surface area contributed by atoms with Gasteiger partial charge in [0.15, 0.2) is 0 Å². The smallest absolute Gasteiger partial charge is 0.346 e. The van der Waals surface area contributed by atoms with Crippen molar-refractivity contribution in [1.82, 2.24) is 0 Å². The highest BCUT2D eigenvalue weighted by Gasteiger charge is 2.34. The number of benzene rings is 2. The van der Waals surface area contributed by atoms with Gasteiger partial charge in [0.1, 0.15) is 10.7 Å². The second-order valence-electron chi connectivity index (χ2n) is 7.01. The minimum atomic E-state index is -1.06. The molecule has 3 aromatic rings. The van der Waals surface area contributed by atoms with Crippen LogP contribution in [-0.4, -0.2) is 17.0 Å². The van der Waals surface area contributed by atoms with Crippen LogP contribution in [0.3, 0.4) is 0 Å². The number of hydrogen-bond donors (Lipinski definition) is 2. The van der Waals surface area contributed by atoms with E-state index in [1.165, 1.54) is 35.6 Å². The molecule has 142 valence electrons. The number of aromatic carboxylic acids is 1. The number of anilines is 1. The number of carboxylic acid groups (broad SMARTS) is 1. The van der Waals surface area contributed by atoms with Crippen molar-refractivity contribution in [3.63, 3.8) is 0 Å². The van der Waals surface area contributed by atoms with Gasteiger partial charge < -0.3 is 10.4 Å². The zero-order valence-corrected chi connectivity index (χ0v) is 16.2. The third kappa shape index (κ3) is 3.10. The normalized spacial score (nSPS) is 15.8. The van der Waals surface area contributed by atoms with E-state index in [0.29, 0.717) is 16.8 Å². The van der Waals surface area contributed by atoms with Crippen LogP contribution < -0.4 is 5.32 Å². The number of thiophene rings is 1. The highest BCUT2D eigenvalue weighted by atomic mass is 32.1. The van der Waals surface area contributed by atoms with Crippen LogP contribution in [0.2, 0.25) is 0 Å². The van der Waals surface area contributed by atoms with Gasteiger partial charge in [-0.25, -0.2) is 9.18 Å². The van der Waals surface area contributed by atoms with Crippen LogP contribution >= 0.6 is 11.3 Å². The largest absolute Gasteiger partial charge is 0.477 e. The van der Waals surface area contributed by atoms with E-state index in [9.17, 15) is 19.1 Å². The van der Waals surface area contributed by atoms with Gasteiger partial charge >= 0.3 is 5.97 Å². The highest BCUT2D eigenvalue weighted by Crippen LogP contribution is 2.49. The Labute approximate surface area is 165 Å². The summed E-state index contributed by atoms with van der Waals surface area (Å²) in [6.07, 6.45) is 0.262. The molecular weight excluding hydrogens is 377 g/mol. The van der Waals surface area contributed by atoms with Crippen LogP contribution in [0.4, 0.5) is 10.1 Å². The van der Waals surface area contributed by atoms with Crippen molar-refractivity contribution in [3.05, 3.63) is 74.7 Å². The summed E-state index contributed by atoms with van der Waals surface area (Å²) in [5, 5.41) is 12.6.